The van der Waals surface area contributed by atoms with Crippen molar-refractivity contribution in [3.63, 3.8) is 0 Å². The monoisotopic (exact) mass is 324 g/mol. The standard InChI is InChI=1S/C8H6N2O.2C3H7NO2/c11-8-9-5-6-3-1-2-4-7(6)10-8;2*1-2-6-3(4)5/h1-5H,(H,9,10,11);2*2H2,1H3,(H2,4,5). The lowest BCUT2D eigenvalue weighted by Gasteiger charge is -1.92. The van der Waals surface area contributed by atoms with Crippen LogP contribution in [0, 0.1) is 0 Å². The van der Waals surface area contributed by atoms with Crippen LogP contribution in [0.3, 0.4) is 0 Å². The van der Waals surface area contributed by atoms with E-state index in [-0.39, 0.29) is 5.69 Å². The molecule has 0 bridgehead atoms. The number of aromatic nitrogens is 2. The molecule has 2 amide bonds. The van der Waals surface area contributed by atoms with Crippen LogP contribution in [0.1, 0.15) is 13.8 Å². The fraction of sp³-hybridized carbons (Fsp3) is 0.286. The van der Waals surface area contributed by atoms with E-state index in [9.17, 15) is 14.4 Å². The molecule has 0 fully saturated rings. The number of fused-ring (bicyclic) bond motifs is 1. The number of para-hydroxylation sites is 1. The number of primary amides is 2. The van der Waals surface area contributed by atoms with Crippen LogP contribution in [-0.2, 0) is 9.47 Å². The van der Waals surface area contributed by atoms with Gasteiger partial charge in [0.2, 0.25) is 0 Å². The van der Waals surface area contributed by atoms with Gasteiger partial charge in [-0.3, -0.25) is 0 Å². The van der Waals surface area contributed by atoms with E-state index >= 15 is 0 Å². The van der Waals surface area contributed by atoms with Crippen molar-refractivity contribution in [1.29, 1.82) is 0 Å². The lowest BCUT2D eigenvalue weighted by Crippen LogP contribution is -2.11. The third-order valence-corrected chi connectivity index (χ3v) is 2.10. The number of carbonyl (C=O) groups excluding carboxylic acids is 2. The minimum atomic E-state index is -0.711. The van der Waals surface area contributed by atoms with Crippen LogP contribution in [0.25, 0.3) is 10.9 Å². The van der Waals surface area contributed by atoms with Crippen LogP contribution in [0.5, 0.6) is 0 Å². The van der Waals surface area contributed by atoms with Crippen molar-refractivity contribution in [1.82, 2.24) is 9.97 Å². The number of H-pyrrole nitrogens is 1. The van der Waals surface area contributed by atoms with Crippen molar-refractivity contribution < 1.29 is 19.1 Å². The van der Waals surface area contributed by atoms with Gasteiger partial charge in [0.1, 0.15) is 0 Å². The van der Waals surface area contributed by atoms with Crippen molar-refractivity contribution in [3.8, 4) is 0 Å². The van der Waals surface area contributed by atoms with Gasteiger partial charge >= 0.3 is 17.9 Å². The Hall–Kier alpha value is -3.10. The third-order valence-electron chi connectivity index (χ3n) is 2.10. The highest BCUT2D eigenvalue weighted by Gasteiger charge is 1.90. The molecule has 1 heterocycles. The molecule has 2 rings (SSSR count). The summed E-state index contributed by atoms with van der Waals surface area (Å²) in [6, 6.07) is 7.53. The topological polar surface area (TPSA) is 150 Å². The molecule has 0 saturated heterocycles. The summed E-state index contributed by atoms with van der Waals surface area (Å²) in [4.78, 5) is 36.1. The quantitative estimate of drug-likeness (QED) is 0.753. The van der Waals surface area contributed by atoms with Crippen molar-refractivity contribution in [2.45, 2.75) is 13.8 Å². The predicted octanol–water partition coefficient (Wildman–Crippen LogP) is 1.13. The van der Waals surface area contributed by atoms with E-state index in [0.29, 0.717) is 13.2 Å². The molecule has 1 aromatic heterocycles. The number of benzene rings is 1. The second kappa shape index (κ2) is 11.5. The van der Waals surface area contributed by atoms with E-state index in [1.54, 1.807) is 20.0 Å². The maximum atomic E-state index is 10.7. The number of carbonyl (C=O) groups is 2. The highest BCUT2D eigenvalue weighted by molar-refractivity contribution is 5.76. The molecule has 0 unspecified atom stereocenters. The van der Waals surface area contributed by atoms with Crippen molar-refractivity contribution >= 4 is 23.1 Å². The van der Waals surface area contributed by atoms with E-state index in [0.717, 1.165) is 10.9 Å². The Bertz CT molecular complexity index is 655. The van der Waals surface area contributed by atoms with Gasteiger partial charge in [0.05, 0.1) is 18.7 Å². The summed E-state index contributed by atoms with van der Waals surface area (Å²) in [5, 5.41) is 0.951. The summed E-state index contributed by atoms with van der Waals surface area (Å²) < 4.78 is 8.36. The molecule has 0 aliphatic heterocycles. The Morgan fingerprint density at radius 3 is 2.04 bits per heavy atom. The Kier molecular flexibility index (Phi) is 9.99. The number of ether oxygens (including phenoxy) is 2. The lowest BCUT2D eigenvalue weighted by molar-refractivity contribution is 0.162. The molecule has 0 aliphatic carbocycles. The zero-order chi connectivity index (χ0) is 17.7. The first-order valence-corrected chi connectivity index (χ1v) is 6.69. The molecule has 23 heavy (non-hydrogen) atoms. The maximum absolute atomic E-state index is 10.7. The number of hydrogen-bond donors (Lipinski definition) is 3. The van der Waals surface area contributed by atoms with Crippen LogP contribution in [0.15, 0.2) is 35.3 Å². The highest BCUT2D eigenvalue weighted by atomic mass is 16.5. The normalized spacial score (nSPS) is 8.78. The summed E-state index contributed by atoms with van der Waals surface area (Å²) in [6.45, 7) is 4.11. The highest BCUT2D eigenvalue weighted by Crippen LogP contribution is 2.05. The molecule has 126 valence electrons. The molecule has 9 heteroatoms. The number of aromatic amines is 1. The minimum Gasteiger partial charge on any atom is -0.450 e. The molecule has 0 spiro atoms. The van der Waals surface area contributed by atoms with Crippen LogP contribution >= 0.6 is 0 Å². The van der Waals surface area contributed by atoms with Gasteiger partial charge in [0.15, 0.2) is 0 Å². The number of nitrogens with zero attached hydrogens (tertiary/aromatic N) is 1. The van der Waals surface area contributed by atoms with Gasteiger partial charge in [-0.1, -0.05) is 18.2 Å². The average Bonchev–Trinajstić information content (AvgIpc) is 2.48. The first-order chi connectivity index (χ1) is 10.9. The Balaban J connectivity index is 0.000000349. The fourth-order valence-electron chi connectivity index (χ4n) is 1.28. The summed E-state index contributed by atoms with van der Waals surface area (Å²) in [7, 11) is 0. The zero-order valence-electron chi connectivity index (χ0n) is 12.9. The molecule has 0 radical (unpaired) electrons. The van der Waals surface area contributed by atoms with Gasteiger partial charge < -0.3 is 25.9 Å². The van der Waals surface area contributed by atoms with Gasteiger partial charge in [0, 0.05) is 11.6 Å². The summed E-state index contributed by atoms with van der Waals surface area (Å²) in [6.07, 6.45) is 0.142. The summed E-state index contributed by atoms with van der Waals surface area (Å²) >= 11 is 0. The van der Waals surface area contributed by atoms with E-state index in [1.165, 1.54) is 0 Å². The summed E-state index contributed by atoms with van der Waals surface area (Å²) in [5.41, 5.74) is 9.61. The van der Waals surface area contributed by atoms with Crippen molar-refractivity contribution in [2.75, 3.05) is 13.2 Å². The van der Waals surface area contributed by atoms with Crippen LogP contribution in [0.4, 0.5) is 9.59 Å². The van der Waals surface area contributed by atoms with Crippen LogP contribution in [-0.4, -0.2) is 35.4 Å². The largest absolute Gasteiger partial charge is 0.450 e. The minimum absolute atomic E-state index is 0.302. The molecular formula is C14H20N4O5. The van der Waals surface area contributed by atoms with E-state index < -0.39 is 12.2 Å². The first-order valence-electron chi connectivity index (χ1n) is 6.69. The SMILES string of the molecule is CCOC(N)=O.CCOC(N)=O.O=c1ncc2ccccc2[nH]1. The molecule has 2 aromatic rings. The Morgan fingerprint density at radius 1 is 1.09 bits per heavy atom. The van der Waals surface area contributed by atoms with Gasteiger partial charge in [-0.25, -0.2) is 19.4 Å². The molecular weight excluding hydrogens is 304 g/mol. The number of amides is 2. The summed E-state index contributed by atoms with van der Waals surface area (Å²) in [5.74, 6) is 0. The van der Waals surface area contributed by atoms with Gasteiger partial charge in [-0.2, -0.15) is 0 Å². The molecule has 0 atom stereocenters. The number of rotatable bonds is 2. The predicted molar refractivity (Wildman–Crippen MR) is 84.8 cm³/mol. The second-order valence-electron chi connectivity index (χ2n) is 3.78. The van der Waals surface area contributed by atoms with Crippen molar-refractivity contribution in [2.24, 2.45) is 11.5 Å². The first kappa shape index (κ1) is 19.9. The van der Waals surface area contributed by atoms with Gasteiger partial charge in [-0.05, 0) is 19.9 Å². The van der Waals surface area contributed by atoms with Gasteiger partial charge in [0.25, 0.3) is 0 Å². The van der Waals surface area contributed by atoms with Crippen LogP contribution in [0.2, 0.25) is 0 Å². The Labute approximate surface area is 132 Å². The molecule has 9 nitrogen and oxygen atoms in total. The number of hydrogen-bond acceptors (Lipinski definition) is 6. The van der Waals surface area contributed by atoms with Crippen LogP contribution < -0.4 is 17.2 Å². The van der Waals surface area contributed by atoms with E-state index in [1.807, 2.05) is 24.3 Å². The van der Waals surface area contributed by atoms with Gasteiger partial charge in [-0.15, -0.1) is 0 Å². The smallest absolute Gasteiger partial charge is 0.404 e. The average molecular weight is 324 g/mol. The van der Waals surface area contributed by atoms with E-state index in [2.05, 4.69) is 30.9 Å². The molecule has 0 aliphatic rings. The number of nitrogens with two attached hydrogens (primary N) is 2. The molecule has 1 aromatic carbocycles. The second-order valence-corrected chi connectivity index (χ2v) is 3.78. The van der Waals surface area contributed by atoms with E-state index in [4.69, 9.17) is 0 Å². The van der Waals surface area contributed by atoms with Crippen molar-refractivity contribution in [3.05, 3.63) is 40.9 Å². The zero-order valence-corrected chi connectivity index (χ0v) is 12.9. The lowest BCUT2D eigenvalue weighted by atomic mass is 10.2. The third kappa shape index (κ3) is 10.3. The maximum Gasteiger partial charge on any atom is 0.404 e. The Morgan fingerprint density at radius 2 is 1.61 bits per heavy atom. The molecule has 5 N–H and O–H groups in total. The molecule has 0 saturated carbocycles. The fourth-order valence-corrected chi connectivity index (χ4v) is 1.28. The number of nitrogens with one attached hydrogen (secondary N) is 1.